The molecule has 0 aromatic carbocycles. The molecular formula is C11H19O2PSi. The lowest BCUT2D eigenvalue weighted by Crippen LogP contribution is -2.34. The SMILES string of the molecule is C[Si](C)(C)OC1=PC(=O)C2CCCCC12. The molecule has 1 saturated carbocycles. The lowest BCUT2D eigenvalue weighted by Gasteiger charge is -2.28. The van der Waals surface area contributed by atoms with Crippen LogP contribution in [-0.2, 0) is 9.22 Å². The first-order valence-electron chi connectivity index (χ1n) is 5.79. The first kappa shape index (κ1) is 11.5. The van der Waals surface area contributed by atoms with Gasteiger partial charge in [-0.15, -0.1) is 0 Å². The third-order valence-electron chi connectivity index (χ3n) is 3.03. The average Bonchev–Trinajstić information content (AvgIpc) is 2.42. The van der Waals surface area contributed by atoms with E-state index in [1.165, 1.54) is 19.3 Å². The van der Waals surface area contributed by atoms with Gasteiger partial charge in [0.2, 0.25) is 0 Å². The van der Waals surface area contributed by atoms with E-state index in [1.807, 2.05) is 0 Å². The van der Waals surface area contributed by atoms with Crippen molar-refractivity contribution in [2.24, 2.45) is 11.8 Å². The Morgan fingerprint density at radius 3 is 2.40 bits per heavy atom. The van der Waals surface area contributed by atoms with Gasteiger partial charge in [-0.2, -0.15) is 0 Å². The van der Waals surface area contributed by atoms with E-state index in [4.69, 9.17) is 4.43 Å². The van der Waals surface area contributed by atoms with E-state index in [0.717, 1.165) is 20.1 Å². The van der Waals surface area contributed by atoms with E-state index in [-0.39, 0.29) is 0 Å². The summed E-state index contributed by atoms with van der Waals surface area (Å²) in [5, 5.41) is 0. The molecule has 1 fully saturated rings. The number of rotatable bonds is 2. The Balaban J connectivity index is 2.12. The number of hydrogen-bond acceptors (Lipinski definition) is 2. The van der Waals surface area contributed by atoms with Crippen molar-refractivity contribution in [2.75, 3.05) is 0 Å². The summed E-state index contributed by atoms with van der Waals surface area (Å²) in [6, 6.07) is 0. The molecule has 4 heteroatoms. The first-order chi connectivity index (χ1) is 6.97. The highest BCUT2D eigenvalue weighted by Gasteiger charge is 2.40. The maximum atomic E-state index is 11.8. The van der Waals surface area contributed by atoms with E-state index in [2.05, 4.69) is 19.6 Å². The normalized spacial score (nSPS) is 32.5. The van der Waals surface area contributed by atoms with Crippen LogP contribution in [0.4, 0.5) is 0 Å². The van der Waals surface area contributed by atoms with Gasteiger partial charge in [0.25, 0.3) is 0 Å². The molecule has 0 spiro atoms. The molecule has 2 aliphatic rings. The summed E-state index contributed by atoms with van der Waals surface area (Å²) in [5.74, 6) is 0.756. The summed E-state index contributed by atoms with van der Waals surface area (Å²) in [6.07, 6.45) is 4.75. The molecule has 0 saturated heterocycles. The average molecular weight is 242 g/mol. The van der Waals surface area contributed by atoms with Gasteiger partial charge in [-0.25, -0.2) is 0 Å². The molecule has 0 amide bonds. The molecule has 0 N–H and O–H groups in total. The number of hydrogen-bond donors (Lipinski definition) is 0. The fourth-order valence-corrected chi connectivity index (χ4v) is 5.36. The minimum absolute atomic E-state index is 0.298. The standard InChI is InChI=1S/C11H19O2PSi/c1-15(2,3)13-11-9-7-5-4-6-8(9)10(12)14-11/h8-9H,4-7H2,1-3H3. The summed E-state index contributed by atoms with van der Waals surface area (Å²) < 4.78 is 6.06. The molecule has 1 heterocycles. The largest absolute Gasteiger partial charge is 0.385 e. The Morgan fingerprint density at radius 1 is 1.20 bits per heavy atom. The first-order valence-corrected chi connectivity index (χ1v) is 10.1. The third kappa shape index (κ3) is 2.58. The van der Waals surface area contributed by atoms with Crippen LogP contribution in [0.3, 0.4) is 0 Å². The van der Waals surface area contributed by atoms with Crippen LogP contribution in [0.5, 0.6) is 0 Å². The Hall–Kier alpha value is 0.0169. The predicted octanol–water partition coefficient (Wildman–Crippen LogP) is 3.26. The van der Waals surface area contributed by atoms with Gasteiger partial charge >= 0.3 is 0 Å². The smallest absolute Gasteiger partial charge is 0.191 e. The van der Waals surface area contributed by atoms with Crippen LogP contribution in [0.1, 0.15) is 25.7 Å². The minimum Gasteiger partial charge on any atom is -0.385 e. The second kappa shape index (κ2) is 4.12. The van der Waals surface area contributed by atoms with Crippen LogP contribution in [0.25, 0.3) is 0 Å². The van der Waals surface area contributed by atoms with Crippen LogP contribution < -0.4 is 0 Å². The van der Waals surface area contributed by atoms with Crippen molar-refractivity contribution in [1.29, 1.82) is 0 Å². The van der Waals surface area contributed by atoms with E-state index < -0.39 is 8.32 Å². The van der Waals surface area contributed by atoms with Gasteiger partial charge in [0.15, 0.2) is 13.8 Å². The van der Waals surface area contributed by atoms with Crippen molar-refractivity contribution >= 4 is 27.5 Å². The topological polar surface area (TPSA) is 26.3 Å². The van der Waals surface area contributed by atoms with E-state index in [1.54, 1.807) is 0 Å². The van der Waals surface area contributed by atoms with Crippen molar-refractivity contribution in [2.45, 2.75) is 45.3 Å². The predicted molar refractivity (Wildman–Crippen MR) is 66.8 cm³/mol. The summed E-state index contributed by atoms with van der Waals surface area (Å²) in [4.78, 5) is 11.8. The van der Waals surface area contributed by atoms with Crippen LogP contribution in [0.2, 0.25) is 19.6 Å². The van der Waals surface area contributed by atoms with Gasteiger partial charge < -0.3 is 4.43 Å². The van der Waals surface area contributed by atoms with Crippen LogP contribution >= 0.6 is 8.20 Å². The Kier molecular flexibility index (Phi) is 3.16. The third-order valence-corrected chi connectivity index (χ3v) is 5.23. The van der Waals surface area contributed by atoms with Crippen LogP contribution in [0.15, 0.2) is 0 Å². The molecule has 0 radical (unpaired) electrons. The number of fused-ring (bicyclic) bond motifs is 1. The molecular weight excluding hydrogens is 223 g/mol. The molecule has 1 aliphatic heterocycles. The van der Waals surface area contributed by atoms with E-state index >= 15 is 0 Å². The zero-order valence-corrected chi connectivity index (χ0v) is 11.6. The quantitative estimate of drug-likeness (QED) is 0.549. The second-order valence-electron chi connectivity index (χ2n) is 5.50. The lowest BCUT2D eigenvalue weighted by atomic mass is 9.81. The Morgan fingerprint density at radius 2 is 1.80 bits per heavy atom. The van der Waals surface area contributed by atoms with Gasteiger partial charge in [0, 0.05) is 20.0 Å². The van der Waals surface area contributed by atoms with Crippen molar-refractivity contribution in [1.82, 2.24) is 0 Å². The van der Waals surface area contributed by atoms with Crippen molar-refractivity contribution in [3.63, 3.8) is 0 Å². The maximum absolute atomic E-state index is 11.8. The molecule has 2 nitrogen and oxygen atoms in total. The number of carbonyl (C=O) groups is 1. The molecule has 15 heavy (non-hydrogen) atoms. The Labute approximate surface area is 94.3 Å². The highest BCUT2D eigenvalue weighted by Crippen LogP contribution is 2.42. The molecule has 0 aromatic rings. The highest BCUT2D eigenvalue weighted by atomic mass is 31.1. The van der Waals surface area contributed by atoms with Crippen LogP contribution in [0, 0.1) is 11.8 Å². The van der Waals surface area contributed by atoms with E-state index in [9.17, 15) is 4.79 Å². The highest BCUT2D eigenvalue weighted by molar-refractivity contribution is 7.59. The zero-order chi connectivity index (χ0) is 11.1. The second-order valence-corrected chi connectivity index (χ2v) is 11.0. The van der Waals surface area contributed by atoms with Gasteiger partial charge in [0.1, 0.15) is 0 Å². The Bertz CT molecular complexity index is 306. The van der Waals surface area contributed by atoms with Crippen molar-refractivity contribution < 1.29 is 9.22 Å². The van der Waals surface area contributed by atoms with Gasteiger partial charge in [-0.05, 0) is 32.5 Å². The lowest BCUT2D eigenvalue weighted by molar-refractivity contribution is -0.115. The molecule has 84 valence electrons. The molecule has 2 rings (SSSR count). The summed E-state index contributed by atoms with van der Waals surface area (Å²) in [6.45, 7) is 6.57. The zero-order valence-electron chi connectivity index (χ0n) is 9.75. The van der Waals surface area contributed by atoms with Gasteiger partial charge in [0.05, 0.1) is 5.48 Å². The molecule has 2 atom stereocenters. The molecule has 0 bridgehead atoms. The van der Waals surface area contributed by atoms with E-state index in [0.29, 0.717) is 17.4 Å². The van der Waals surface area contributed by atoms with Crippen molar-refractivity contribution in [3.05, 3.63) is 0 Å². The van der Waals surface area contributed by atoms with Gasteiger partial charge in [-0.3, -0.25) is 4.79 Å². The number of carbonyl (C=O) groups excluding carboxylic acids is 1. The van der Waals surface area contributed by atoms with Crippen molar-refractivity contribution in [3.8, 4) is 0 Å². The van der Waals surface area contributed by atoms with Crippen LogP contribution in [-0.4, -0.2) is 19.3 Å². The maximum Gasteiger partial charge on any atom is 0.191 e. The summed E-state index contributed by atoms with van der Waals surface area (Å²) in [7, 11) is -0.655. The molecule has 1 aliphatic carbocycles. The fourth-order valence-electron chi connectivity index (χ4n) is 2.41. The minimum atomic E-state index is -1.52. The fraction of sp³-hybridized carbons (Fsp3) is 0.818. The summed E-state index contributed by atoms with van der Waals surface area (Å²) >= 11 is 0. The monoisotopic (exact) mass is 242 g/mol. The molecule has 0 aromatic heterocycles. The van der Waals surface area contributed by atoms with Gasteiger partial charge in [-0.1, -0.05) is 12.8 Å². The molecule has 2 unspecified atom stereocenters. The summed E-state index contributed by atoms with van der Waals surface area (Å²) in [5.41, 5.74) is 1.51.